The molecule has 2 aromatic heterocycles. The highest BCUT2D eigenvalue weighted by Gasteiger charge is 2.18. The third-order valence-electron chi connectivity index (χ3n) is 11.0. The fourth-order valence-electron chi connectivity index (χ4n) is 8.19. The Morgan fingerprint density at radius 2 is 0.897 bits per heavy atom. The predicted octanol–water partition coefficient (Wildman–Crippen LogP) is 14.8. The van der Waals surface area contributed by atoms with Gasteiger partial charge in [-0.05, 0) is 88.3 Å². The van der Waals surface area contributed by atoms with Crippen LogP contribution < -0.4 is 4.90 Å². The fraction of sp³-hybridized carbons (Fsp3) is 0. The van der Waals surface area contributed by atoms with Crippen LogP contribution in [0.2, 0.25) is 0 Å². The largest absolute Gasteiger partial charge is 0.456 e. The molecule has 0 amide bonds. The van der Waals surface area contributed by atoms with E-state index in [-0.39, 0.29) is 0 Å². The van der Waals surface area contributed by atoms with Crippen LogP contribution in [0.4, 0.5) is 17.1 Å². The Morgan fingerprint density at radius 3 is 1.64 bits per heavy atom. The van der Waals surface area contributed by atoms with E-state index in [1.54, 1.807) is 0 Å². The summed E-state index contributed by atoms with van der Waals surface area (Å²) in [6, 6.07) is 74.3. The molecule has 0 fully saturated rings. The number of hydrogen-bond acceptors (Lipinski definition) is 4. The Bertz CT molecular complexity index is 3270. The SMILES string of the molecule is c1ccc(-c2cccc(N(c3ccccc3)c3ccc4c(c3)oc3ccc(-c5ccc6c(ccc7nc(-c8ccccc8)c(-c8ccccc8)nc76)c5)cc34)c2)cc1. The second-order valence-electron chi connectivity index (χ2n) is 14.6. The van der Waals surface area contributed by atoms with Crippen LogP contribution >= 0.6 is 0 Å². The van der Waals surface area contributed by atoms with Gasteiger partial charge in [-0.15, -0.1) is 0 Å². The lowest BCUT2D eigenvalue weighted by molar-refractivity contribution is 0.669. The van der Waals surface area contributed by atoms with Gasteiger partial charge in [-0.1, -0.05) is 146 Å². The highest BCUT2D eigenvalue weighted by Crippen LogP contribution is 2.41. The molecule has 4 heteroatoms. The maximum Gasteiger partial charge on any atom is 0.137 e. The number of furan rings is 1. The van der Waals surface area contributed by atoms with Gasteiger partial charge in [0, 0.05) is 50.4 Å². The summed E-state index contributed by atoms with van der Waals surface area (Å²) in [5, 5.41) is 4.35. The van der Waals surface area contributed by atoms with Crippen LogP contribution in [0.25, 0.3) is 88.5 Å². The highest BCUT2D eigenvalue weighted by molar-refractivity contribution is 6.09. The van der Waals surface area contributed by atoms with Crippen LogP contribution in [0.1, 0.15) is 0 Å². The molecule has 0 saturated heterocycles. The quantitative estimate of drug-likeness (QED) is 0.153. The number of para-hydroxylation sites is 1. The second kappa shape index (κ2) is 14.0. The van der Waals surface area contributed by atoms with Crippen molar-refractivity contribution in [1.82, 2.24) is 9.97 Å². The Labute approximate surface area is 335 Å². The van der Waals surface area contributed by atoms with E-state index >= 15 is 0 Å². The molecule has 9 aromatic carbocycles. The summed E-state index contributed by atoms with van der Waals surface area (Å²) in [5.74, 6) is 0. The van der Waals surface area contributed by atoms with Gasteiger partial charge in [0.05, 0.1) is 22.4 Å². The first-order chi connectivity index (χ1) is 28.7. The molecule has 0 atom stereocenters. The van der Waals surface area contributed by atoms with Crippen LogP contribution in [-0.4, -0.2) is 9.97 Å². The zero-order valence-electron chi connectivity index (χ0n) is 31.5. The summed E-state index contributed by atoms with van der Waals surface area (Å²) >= 11 is 0. The zero-order valence-corrected chi connectivity index (χ0v) is 31.5. The molecule has 4 nitrogen and oxygen atoms in total. The zero-order chi connectivity index (χ0) is 38.4. The molecule has 58 heavy (non-hydrogen) atoms. The van der Waals surface area contributed by atoms with E-state index in [0.29, 0.717) is 0 Å². The molecule has 0 aliphatic heterocycles. The fourth-order valence-corrected chi connectivity index (χ4v) is 8.19. The number of aromatic nitrogens is 2. The Morgan fingerprint density at radius 1 is 0.328 bits per heavy atom. The smallest absolute Gasteiger partial charge is 0.137 e. The molecule has 11 aromatic rings. The first kappa shape index (κ1) is 33.5. The van der Waals surface area contributed by atoms with Crippen LogP contribution in [0, 0.1) is 0 Å². The van der Waals surface area contributed by atoms with Crippen molar-refractivity contribution in [2.24, 2.45) is 0 Å². The van der Waals surface area contributed by atoms with Gasteiger partial charge < -0.3 is 9.32 Å². The number of benzene rings is 9. The van der Waals surface area contributed by atoms with E-state index in [2.05, 4.69) is 193 Å². The van der Waals surface area contributed by atoms with Gasteiger partial charge in [0.25, 0.3) is 0 Å². The van der Waals surface area contributed by atoms with Crippen LogP contribution in [-0.2, 0) is 0 Å². The Kier molecular flexibility index (Phi) is 8.11. The molecule has 0 spiro atoms. The average molecular weight is 742 g/mol. The topological polar surface area (TPSA) is 42.2 Å². The van der Waals surface area contributed by atoms with Crippen molar-refractivity contribution in [1.29, 1.82) is 0 Å². The number of anilines is 3. The average Bonchev–Trinajstić information content (AvgIpc) is 3.67. The summed E-state index contributed by atoms with van der Waals surface area (Å²) < 4.78 is 6.56. The number of fused-ring (bicyclic) bond motifs is 6. The third-order valence-corrected chi connectivity index (χ3v) is 11.0. The maximum absolute atomic E-state index is 6.56. The molecule has 0 aliphatic carbocycles. The van der Waals surface area contributed by atoms with Crippen molar-refractivity contribution in [2.45, 2.75) is 0 Å². The van der Waals surface area contributed by atoms with Crippen molar-refractivity contribution in [3.63, 3.8) is 0 Å². The lowest BCUT2D eigenvalue weighted by atomic mass is 9.98. The standard InChI is InChI=1S/C54H35N3O/c1-5-14-36(15-6-1)39-20-13-23-44(33-39)57(43-21-11-4-12-22-43)45-27-29-47-48-34-41(26-31-50(48)58-51(47)35-45)40-24-28-46-42(32-40)25-30-49-54(46)56-53(38-18-9-3-10-19-38)52(55-49)37-16-7-2-8-17-37/h1-35H. The third kappa shape index (κ3) is 5.96. The lowest BCUT2D eigenvalue weighted by Crippen LogP contribution is -2.09. The van der Waals surface area contributed by atoms with Gasteiger partial charge in [-0.3, -0.25) is 0 Å². The summed E-state index contributed by atoms with van der Waals surface area (Å²) in [5.41, 5.74) is 15.1. The molecular weight excluding hydrogens is 707 g/mol. The molecule has 0 aliphatic rings. The lowest BCUT2D eigenvalue weighted by Gasteiger charge is -2.26. The van der Waals surface area contributed by atoms with E-state index in [9.17, 15) is 0 Å². The molecule has 272 valence electrons. The van der Waals surface area contributed by atoms with Gasteiger partial charge in [-0.2, -0.15) is 0 Å². The minimum absolute atomic E-state index is 0.845. The highest BCUT2D eigenvalue weighted by atomic mass is 16.3. The first-order valence-corrected chi connectivity index (χ1v) is 19.6. The van der Waals surface area contributed by atoms with Crippen molar-refractivity contribution >= 4 is 60.8 Å². The minimum Gasteiger partial charge on any atom is -0.456 e. The Balaban J connectivity index is 0.981. The molecule has 0 radical (unpaired) electrons. The van der Waals surface area contributed by atoms with E-state index < -0.39 is 0 Å². The van der Waals surface area contributed by atoms with Gasteiger partial charge in [-0.25, -0.2) is 9.97 Å². The summed E-state index contributed by atoms with van der Waals surface area (Å²) in [7, 11) is 0. The summed E-state index contributed by atoms with van der Waals surface area (Å²) in [6.07, 6.45) is 0. The number of nitrogens with zero attached hydrogens (tertiary/aromatic N) is 3. The number of hydrogen-bond donors (Lipinski definition) is 0. The maximum atomic E-state index is 6.56. The molecule has 11 rings (SSSR count). The Hall–Kier alpha value is -7.82. The van der Waals surface area contributed by atoms with E-state index in [1.165, 1.54) is 11.1 Å². The first-order valence-electron chi connectivity index (χ1n) is 19.6. The number of rotatable bonds is 7. The van der Waals surface area contributed by atoms with E-state index in [0.717, 1.165) is 94.4 Å². The normalized spacial score (nSPS) is 11.4. The summed E-state index contributed by atoms with van der Waals surface area (Å²) in [6.45, 7) is 0. The second-order valence-corrected chi connectivity index (χ2v) is 14.6. The van der Waals surface area contributed by atoms with E-state index in [4.69, 9.17) is 14.4 Å². The predicted molar refractivity (Wildman–Crippen MR) is 241 cm³/mol. The molecule has 0 saturated carbocycles. The van der Waals surface area contributed by atoms with Crippen molar-refractivity contribution in [2.75, 3.05) is 4.90 Å². The van der Waals surface area contributed by atoms with Crippen molar-refractivity contribution < 1.29 is 4.42 Å². The molecule has 0 N–H and O–H groups in total. The molecule has 2 heterocycles. The molecule has 0 unspecified atom stereocenters. The van der Waals surface area contributed by atoms with Gasteiger partial charge in [0.2, 0.25) is 0 Å². The van der Waals surface area contributed by atoms with Gasteiger partial charge >= 0.3 is 0 Å². The van der Waals surface area contributed by atoms with Crippen LogP contribution in [0.15, 0.2) is 217 Å². The van der Waals surface area contributed by atoms with Gasteiger partial charge in [0.1, 0.15) is 11.2 Å². The van der Waals surface area contributed by atoms with Crippen molar-refractivity contribution in [3.05, 3.63) is 212 Å². The van der Waals surface area contributed by atoms with Gasteiger partial charge in [0.15, 0.2) is 0 Å². The van der Waals surface area contributed by atoms with Crippen molar-refractivity contribution in [3.8, 4) is 44.8 Å². The van der Waals surface area contributed by atoms with Crippen LogP contribution in [0.5, 0.6) is 0 Å². The van der Waals surface area contributed by atoms with E-state index in [1.807, 2.05) is 24.3 Å². The van der Waals surface area contributed by atoms with Crippen LogP contribution in [0.3, 0.4) is 0 Å². The minimum atomic E-state index is 0.845. The summed E-state index contributed by atoms with van der Waals surface area (Å²) in [4.78, 5) is 12.8. The monoisotopic (exact) mass is 741 g/mol. The molecule has 0 bridgehead atoms. The molecular formula is C54H35N3O.